The zero-order valence-electron chi connectivity index (χ0n) is 11.1. The Balaban J connectivity index is 2.09. The van der Waals surface area contributed by atoms with Crippen molar-refractivity contribution >= 4 is 23.0 Å². The average Bonchev–Trinajstić information content (AvgIpc) is 3.18. The molecule has 20 heavy (non-hydrogen) atoms. The van der Waals surface area contributed by atoms with Crippen LogP contribution in [0.2, 0.25) is 5.02 Å². The molecule has 5 nitrogen and oxygen atoms in total. The van der Waals surface area contributed by atoms with E-state index in [9.17, 15) is 14.5 Å². The molecule has 0 amide bonds. The van der Waals surface area contributed by atoms with Crippen LogP contribution in [0.25, 0.3) is 0 Å². The van der Waals surface area contributed by atoms with Crippen molar-refractivity contribution in [2.24, 2.45) is 5.41 Å². The second-order valence-electron chi connectivity index (χ2n) is 5.14. The smallest absolute Gasteiger partial charge is 0.294 e. The van der Waals surface area contributed by atoms with Crippen LogP contribution in [0.3, 0.4) is 0 Å². The van der Waals surface area contributed by atoms with Crippen LogP contribution in [0.1, 0.15) is 19.3 Å². The number of nitrogens with zero attached hydrogens (tertiary/aromatic N) is 1. The van der Waals surface area contributed by atoms with Crippen LogP contribution in [0.5, 0.6) is 0 Å². The molecule has 0 atom stereocenters. The van der Waals surface area contributed by atoms with Crippen LogP contribution < -0.4 is 5.32 Å². The largest absolute Gasteiger partial charge is 0.385 e. The summed E-state index contributed by atoms with van der Waals surface area (Å²) in [6, 6.07) is 2.11. The van der Waals surface area contributed by atoms with Crippen molar-refractivity contribution in [3.05, 3.63) is 33.1 Å². The van der Waals surface area contributed by atoms with Crippen molar-refractivity contribution in [3.63, 3.8) is 0 Å². The third kappa shape index (κ3) is 3.37. The van der Waals surface area contributed by atoms with Crippen molar-refractivity contribution in [1.82, 2.24) is 0 Å². The predicted molar refractivity (Wildman–Crippen MR) is 74.7 cm³/mol. The van der Waals surface area contributed by atoms with Gasteiger partial charge in [0.15, 0.2) is 0 Å². The fraction of sp³-hybridized carbons (Fsp3) is 0.538. The first-order chi connectivity index (χ1) is 9.47. The maximum Gasteiger partial charge on any atom is 0.294 e. The number of rotatable bonds is 7. The summed E-state index contributed by atoms with van der Waals surface area (Å²) in [5.74, 6) is -0.665. The third-order valence-electron chi connectivity index (χ3n) is 3.68. The summed E-state index contributed by atoms with van der Waals surface area (Å²) in [6.45, 7) is 1.22. The molecule has 110 valence electrons. The summed E-state index contributed by atoms with van der Waals surface area (Å²) >= 11 is 5.58. The Kier molecular flexibility index (Phi) is 4.45. The summed E-state index contributed by atoms with van der Waals surface area (Å²) in [4.78, 5) is 10.4. The summed E-state index contributed by atoms with van der Waals surface area (Å²) in [7, 11) is 1.64. The molecule has 1 aromatic rings. The molecule has 0 aromatic heterocycles. The van der Waals surface area contributed by atoms with E-state index in [4.69, 9.17) is 16.3 Å². The topological polar surface area (TPSA) is 64.4 Å². The Morgan fingerprint density at radius 2 is 2.25 bits per heavy atom. The van der Waals surface area contributed by atoms with E-state index in [1.54, 1.807) is 7.11 Å². The quantitative estimate of drug-likeness (QED) is 0.617. The molecule has 7 heteroatoms. The lowest BCUT2D eigenvalue weighted by Gasteiger charge is -2.16. The van der Waals surface area contributed by atoms with Gasteiger partial charge < -0.3 is 10.1 Å². The van der Waals surface area contributed by atoms with Gasteiger partial charge in [-0.2, -0.15) is 0 Å². The first-order valence-corrected chi connectivity index (χ1v) is 6.71. The van der Waals surface area contributed by atoms with E-state index in [-0.39, 0.29) is 21.8 Å². The minimum Gasteiger partial charge on any atom is -0.385 e. The molecule has 0 saturated heterocycles. The maximum atomic E-state index is 13.4. The minimum atomic E-state index is -0.665. The van der Waals surface area contributed by atoms with Gasteiger partial charge in [-0.1, -0.05) is 11.6 Å². The monoisotopic (exact) mass is 302 g/mol. The lowest BCUT2D eigenvalue weighted by molar-refractivity contribution is -0.384. The number of anilines is 1. The fourth-order valence-corrected chi connectivity index (χ4v) is 2.28. The standard InChI is InChI=1S/C13H16ClFN2O3/c1-20-5-4-13(2-3-13)8-16-11-7-10(15)9(14)6-12(11)17(18)19/h6-7,16H,2-5,8H2,1H3. The van der Waals surface area contributed by atoms with E-state index in [0.29, 0.717) is 13.2 Å². The molecule has 0 radical (unpaired) electrons. The van der Waals surface area contributed by atoms with Crippen LogP contribution in [0.15, 0.2) is 12.1 Å². The highest BCUT2D eigenvalue weighted by Crippen LogP contribution is 2.49. The van der Waals surface area contributed by atoms with Crippen molar-refractivity contribution in [2.45, 2.75) is 19.3 Å². The summed E-state index contributed by atoms with van der Waals surface area (Å²) in [5.41, 5.74) is 0.0690. The molecular formula is C13H16ClFN2O3. The SMILES string of the molecule is COCCC1(CNc2cc(F)c(Cl)cc2[N+](=O)[O-])CC1. The lowest BCUT2D eigenvalue weighted by atomic mass is 10.0. The van der Waals surface area contributed by atoms with E-state index < -0.39 is 10.7 Å². The van der Waals surface area contributed by atoms with Gasteiger partial charge in [0.25, 0.3) is 5.69 Å². The van der Waals surface area contributed by atoms with Gasteiger partial charge in [-0.25, -0.2) is 4.39 Å². The van der Waals surface area contributed by atoms with Crippen LogP contribution in [-0.4, -0.2) is 25.2 Å². The third-order valence-corrected chi connectivity index (χ3v) is 3.97. The number of hydrogen-bond donors (Lipinski definition) is 1. The molecule has 0 bridgehead atoms. The Morgan fingerprint density at radius 1 is 1.55 bits per heavy atom. The highest BCUT2D eigenvalue weighted by Gasteiger charge is 2.42. The van der Waals surface area contributed by atoms with Gasteiger partial charge in [-0.3, -0.25) is 10.1 Å². The molecule has 1 N–H and O–H groups in total. The zero-order chi connectivity index (χ0) is 14.8. The van der Waals surface area contributed by atoms with Gasteiger partial charge in [0.1, 0.15) is 11.5 Å². The molecule has 1 aliphatic carbocycles. The molecule has 1 fully saturated rings. The van der Waals surface area contributed by atoms with Gasteiger partial charge in [-0.05, 0) is 24.7 Å². The molecule has 0 unspecified atom stereocenters. The van der Waals surface area contributed by atoms with Crippen molar-refractivity contribution < 1.29 is 14.1 Å². The number of halogens is 2. The molecule has 1 aliphatic rings. The molecule has 0 heterocycles. The fourth-order valence-electron chi connectivity index (χ4n) is 2.12. The molecule has 1 aromatic carbocycles. The normalized spacial score (nSPS) is 15.9. The van der Waals surface area contributed by atoms with Crippen LogP contribution >= 0.6 is 11.6 Å². The number of benzene rings is 1. The van der Waals surface area contributed by atoms with E-state index in [2.05, 4.69) is 5.32 Å². The van der Waals surface area contributed by atoms with Crippen molar-refractivity contribution in [2.75, 3.05) is 25.6 Å². The average molecular weight is 303 g/mol. The molecule has 2 rings (SSSR count). The maximum absolute atomic E-state index is 13.4. The highest BCUT2D eigenvalue weighted by molar-refractivity contribution is 6.31. The summed E-state index contributed by atoms with van der Waals surface area (Å²) in [6.07, 6.45) is 2.99. The van der Waals surface area contributed by atoms with Gasteiger partial charge >= 0.3 is 0 Å². The van der Waals surface area contributed by atoms with Gasteiger partial charge in [-0.15, -0.1) is 0 Å². The second kappa shape index (κ2) is 5.93. The lowest BCUT2D eigenvalue weighted by Crippen LogP contribution is -2.18. The first kappa shape index (κ1) is 15.0. The Hall–Kier alpha value is -1.40. The zero-order valence-corrected chi connectivity index (χ0v) is 11.9. The van der Waals surface area contributed by atoms with E-state index >= 15 is 0 Å². The molecule has 0 spiro atoms. The predicted octanol–water partition coefficient (Wildman–Crippen LogP) is 3.62. The van der Waals surface area contributed by atoms with Crippen LogP contribution in [-0.2, 0) is 4.74 Å². The van der Waals surface area contributed by atoms with Crippen LogP contribution in [0, 0.1) is 21.3 Å². The molecular weight excluding hydrogens is 287 g/mol. The van der Waals surface area contributed by atoms with Crippen LogP contribution in [0.4, 0.5) is 15.8 Å². The van der Waals surface area contributed by atoms with Gasteiger partial charge in [0, 0.05) is 32.4 Å². The summed E-state index contributed by atoms with van der Waals surface area (Å²) in [5, 5.41) is 13.7. The molecule has 1 saturated carbocycles. The summed E-state index contributed by atoms with van der Waals surface area (Å²) < 4.78 is 18.5. The number of nitro groups is 1. The second-order valence-corrected chi connectivity index (χ2v) is 5.54. The number of ether oxygens (including phenoxy) is 1. The Bertz CT molecular complexity index is 521. The van der Waals surface area contributed by atoms with E-state index in [1.807, 2.05) is 0 Å². The minimum absolute atomic E-state index is 0.111. The first-order valence-electron chi connectivity index (χ1n) is 6.34. The van der Waals surface area contributed by atoms with Gasteiger partial charge in [0.05, 0.1) is 9.95 Å². The van der Waals surface area contributed by atoms with Gasteiger partial charge in [0.2, 0.25) is 0 Å². The number of nitrogens with one attached hydrogen (secondary N) is 1. The number of hydrogen-bond acceptors (Lipinski definition) is 4. The highest BCUT2D eigenvalue weighted by atomic mass is 35.5. The van der Waals surface area contributed by atoms with Crippen molar-refractivity contribution in [3.8, 4) is 0 Å². The Morgan fingerprint density at radius 3 is 2.80 bits per heavy atom. The molecule has 0 aliphatic heterocycles. The Labute approximate surface area is 121 Å². The van der Waals surface area contributed by atoms with E-state index in [0.717, 1.165) is 31.4 Å². The number of nitro benzene ring substituents is 1. The van der Waals surface area contributed by atoms with Crippen molar-refractivity contribution in [1.29, 1.82) is 0 Å². The van der Waals surface area contributed by atoms with E-state index in [1.165, 1.54) is 0 Å². The number of methoxy groups -OCH3 is 1.